The minimum atomic E-state index is -0.908. The molecule has 82 valence electrons. The summed E-state index contributed by atoms with van der Waals surface area (Å²) in [4.78, 5) is 21.5. The van der Waals surface area contributed by atoms with Crippen LogP contribution >= 0.6 is 0 Å². The Hall–Kier alpha value is -1.10. The van der Waals surface area contributed by atoms with Gasteiger partial charge in [-0.25, -0.2) is 0 Å². The molecule has 1 atom stereocenters. The number of hydrogen-bond donors (Lipinski definition) is 3. The van der Waals surface area contributed by atoms with Gasteiger partial charge in [0.15, 0.2) is 0 Å². The third kappa shape index (κ3) is 6.42. The molecule has 0 aliphatic heterocycles. The zero-order valence-corrected chi connectivity index (χ0v) is 8.83. The molecule has 0 saturated heterocycles. The minimum Gasteiger partial charge on any atom is -0.480 e. The molecular weight excluding hydrogens is 184 g/mol. The highest BCUT2D eigenvalue weighted by Crippen LogP contribution is 1.85. The summed E-state index contributed by atoms with van der Waals surface area (Å²) < 4.78 is 0. The van der Waals surface area contributed by atoms with Crippen LogP contribution in [0.1, 0.15) is 27.2 Å². The van der Waals surface area contributed by atoms with Crippen molar-refractivity contribution in [1.29, 1.82) is 0 Å². The number of amides is 1. The average molecular weight is 202 g/mol. The van der Waals surface area contributed by atoms with Gasteiger partial charge < -0.3 is 15.7 Å². The molecule has 0 bridgehead atoms. The van der Waals surface area contributed by atoms with E-state index >= 15 is 0 Å². The third-order valence-corrected chi connectivity index (χ3v) is 1.62. The molecule has 0 fully saturated rings. The van der Waals surface area contributed by atoms with Crippen molar-refractivity contribution in [2.45, 2.75) is 39.3 Å². The fourth-order valence-electron chi connectivity index (χ4n) is 0.884. The van der Waals surface area contributed by atoms with E-state index in [0.29, 0.717) is 13.0 Å². The first-order valence-corrected chi connectivity index (χ1v) is 4.69. The second-order valence-electron chi connectivity index (χ2n) is 3.49. The van der Waals surface area contributed by atoms with Gasteiger partial charge in [0.2, 0.25) is 5.91 Å². The smallest absolute Gasteiger partial charge is 0.320 e. The van der Waals surface area contributed by atoms with E-state index in [4.69, 9.17) is 5.11 Å². The molecule has 1 amide bonds. The predicted molar refractivity (Wildman–Crippen MR) is 53.0 cm³/mol. The molecule has 0 radical (unpaired) electrons. The van der Waals surface area contributed by atoms with E-state index in [2.05, 4.69) is 10.6 Å². The molecular formula is C9H18N2O3. The largest absolute Gasteiger partial charge is 0.480 e. The number of carboxylic acid groups (broad SMARTS) is 1. The van der Waals surface area contributed by atoms with Gasteiger partial charge in [0.05, 0.1) is 0 Å². The molecule has 3 N–H and O–H groups in total. The maximum absolute atomic E-state index is 11.1. The van der Waals surface area contributed by atoms with Crippen LogP contribution in [-0.2, 0) is 9.59 Å². The van der Waals surface area contributed by atoms with Gasteiger partial charge in [-0.15, -0.1) is 0 Å². The highest BCUT2D eigenvalue weighted by atomic mass is 16.4. The Morgan fingerprint density at radius 3 is 2.29 bits per heavy atom. The molecule has 0 spiro atoms. The lowest BCUT2D eigenvalue weighted by atomic mass is 10.3. The number of carboxylic acids is 1. The number of rotatable bonds is 6. The van der Waals surface area contributed by atoms with E-state index in [9.17, 15) is 9.59 Å². The van der Waals surface area contributed by atoms with Crippen LogP contribution in [0.4, 0.5) is 0 Å². The Morgan fingerprint density at radius 2 is 1.86 bits per heavy atom. The van der Waals surface area contributed by atoms with Crippen LogP contribution in [-0.4, -0.2) is 35.6 Å². The summed E-state index contributed by atoms with van der Waals surface area (Å²) in [6, 6.07) is -0.485. The molecule has 0 aliphatic carbocycles. The van der Waals surface area contributed by atoms with Gasteiger partial charge in [-0.1, -0.05) is 0 Å². The maximum atomic E-state index is 11.1. The van der Waals surface area contributed by atoms with E-state index in [1.54, 1.807) is 6.92 Å². The maximum Gasteiger partial charge on any atom is 0.320 e. The number of carbonyl (C=O) groups excluding carboxylic acids is 1. The molecule has 5 heteroatoms. The highest BCUT2D eigenvalue weighted by Gasteiger charge is 2.10. The lowest BCUT2D eigenvalue weighted by molar-refractivity contribution is -0.139. The van der Waals surface area contributed by atoms with Crippen LogP contribution in [0.3, 0.4) is 0 Å². The van der Waals surface area contributed by atoms with Crippen molar-refractivity contribution in [1.82, 2.24) is 10.6 Å². The van der Waals surface area contributed by atoms with Crippen molar-refractivity contribution in [3.8, 4) is 0 Å². The summed E-state index contributed by atoms with van der Waals surface area (Å²) in [7, 11) is 0. The van der Waals surface area contributed by atoms with Crippen molar-refractivity contribution in [3.63, 3.8) is 0 Å². The van der Waals surface area contributed by atoms with Gasteiger partial charge in [-0.2, -0.15) is 0 Å². The predicted octanol–water partition coefficient (Wildman–Crippen LogP) is -0.0362. The van der Waals surface area contributed by atoms with Gasteiger partial charge in [-0.3, -0.25) is 9.59 Å². The summed E-state index contributed by atoms with van der Waals surface area (Å²) in [5.41, 5.74) is 0. The molecule has 5 nitrogen and oxygen atoms in total. The number of hydrogen-bond acceptors (Lipinski definition) is 3. The Labute approximate surface area is 83.9 Å². The van der Waals surface area contributed by atoms with Crippen molar-refractivity contribution in [2.75, 3.05) is 6.54 Å². The van der Waals surface area contributed by atoms with Gasteiger partial charge in [-0.05, 0) is 20.8 Å². The number of aliphatic carboxylic acids is 1. The molecule has 0 unspecified atom stereocenters. The van der Waals surface area contributed by atoms with Crippen molar-refractivity contribution < 1.29 is 14.7 Å². The Morgan fingerprint density at radius 1 is 1.29 bits per heavy atom. The topological polar surface area (TPSA) is 78.4 Å². The summed E-state index contributed by atoms with van der Waals surface area (Å²) in [5, 5.41) is 14.0. The van der Waals surface area contributed by atoms with Crippen LogP contribution in [0.15, 0.2) is 0 Å². The van der Waals surface area contributed by atoms with Crippen molar-refractivity contribution in [2.24, 2.45) is 0 Å². The Balaban J connectivity index is 3.54. The monoisotopic (exact) mass is 202 g/mol. The first-order chi connectivity index (χ1) is 6.43. The van der Waals surface area contributed by atoms with E-state index in [0.717, 1.165) is 0 Å². The molecule has 14 heavy (non-hydrogen) atoms. The summed E-state index contributed by atoms with van der Waals surface area (Å²) in [6.07, 6.45) is 0.301. The minimum absolute atomic E-state index is 0.0647. The molecule has 0 saturated carbocycles. The zero-order valence-electron chi connectivity index (χ0n) is 8.83. The Bertz CT molecular complexity index is 204. The van der Waals surface area contributed by atoms with Crippen LogP contribution < -0.4 is 10.6 Å². The fraction of sp³-hybridized carbons (Fsp3) is 0.778. The number of nitrogens with one attached hydrogen (secondary N) is 2. The average Bonchev–Trinajstić information content (AvgIpc) is 2.02. The third-order valence-electron chi connectivity index (χ3n) is 1.62. The van der Waals surface area contributed by atoms with Gasteiger partial charge in [0.25, 0.3) is 0 Å². The van der Waals surface area contributed by atoms with Crippen molar-refractivity contribution in [3.05, 3.63) is 0 Å². The lowest BCUT2D eigenvalue weighted by Gasteiger charge is -2.10. The number of carbonyl (C=O) groups is 2. The fourth-order valence-corrected chi connectivity index (χ4v) is 0.884. The van der Waals surface area contributed by atoms with Gasteiger partial charge in [0, 0.05) is 19.0 Å². The van der Waals surface area contributed by atoms with Gasteiger partial charge >= 0.3 is 5.97 Å². The second kappa shape index (κ2) is 6.37. The van der Waals surface area contributed by atoms with E-state index < -0.39 is 12.0 Å². The first-order valence-electron chi connectivity index (χ1n) is 4.69. The SMILES string of the molecule is CC(C)NC(=O)CCN[C@@H](C)C(=O)O. The van der Waals surface area contributed by atoms with Crippen LogP contribution in [0.25, 0.3) is 0 Å². The van der Waals surface area contributed by atoms with E-state index in [-0.39, 0.29) is 11.9 Å². The van der Waals surface area contributed by atoms with E-state index in [1.165, 1.54) is 0 Å². The lowest BCUT2D eigenvalue weighted by Crippen LogP contribution is -2.37. The summed E-state index contributed by atoms with van der Waals surface area (Å²) in [6.45, 7) is 5.69. The Kier molecular flexibility index (Phi) is 5.87. The summed E-state index contributed by atoms with van der Waals surface area (Å²) >= 11 is 0. The second-order valence-corrected chi connectivity index (χ2v) is 3.49. The molecule has 0 aliphatic rings. The molecule has 0 aromatic heterocycles. The molecule has 0 aromatic carbocycles. The quantitative estimate of drug-likeness (QED) is 0.565. The first kappa shape index (κ1) is 12.9. The van der Waals surface area contributed by atoms with Crippen molar-refractivity contribution >= 4 is 11.9 Å². The van der Waals surface area contributed by atoms with Crippen LogP contribution in [0.5, 0.6) is 0 Å². The highest BCUT2D eigenvalue weighted by molar-refractivity contribution is 5.76. The van der Waals surface area contributed by atoms with Crippen LogP contribution in [0, 0.1) is 0 Å². The molecule has 0 aromatic rings. The summed E-state index contributed by atoms with van der Waals surface area (Å²) in [5.74, 6) is -0.973. The van der Waals surface area contributed by atoms with Gasteiger partial charge in [0.1, 0.15) is 6.04 Å². The normalized spacial score (nSPS) is 12.6. The zero-order chi connectivity index (χ0) is 11.1. The molecule has 0 heterocycles. The van der Waals surface area contributed by atoms with Crippen LogP contribution in [0.2, 0.25) is 0 Å². The standard InChI is InChI=1S/C9H18N2O3/c1-6(2)11-8(12)4-5-10-7(3)9(13)14/h6-7,10H,4-5H2,1-3H3,(H,11,12)(H,13,14)/t7-/m0/s1. The van der Waals surface area contributed by atoms with E-state index in [1.807, 2.05) is 13.8 Å². The molecule has 0 rings (SSSR count).